The maximum absolute atomic E-state index is 5.57. The number of nitrogens with zero attached hydrogens (tertiary/aromatic N) is 2. The summed E-state index contributed by atoms with van der Waals surface area (Å²) in [5.41, 5.74) is 2.54. The first kappa shape index (κ1) is 26.1. The zero-order valence-electron chi connectivity index (χ0n) is 16.2. The number of ether oxygens (including phenoxy) is 3. The van der Waals surface area contributed by atoms with Crippen LogP contribution in [0.4, 0.5) is 0 Å². The number of halogens is 2. The molecule has 0 saturated heterocycles. The topological polar surface area (TPSA) is 35.5 Å². The third-order valence-corrected chi connectivity index (χ3v) is 3.85. The van der Waals surface area contributed by atoms with Crippen LogP contribution in [0, 0.1) is 13.8 Å². The van der Waals surface area contributed by atoms with Gasteiger partial charge in [-0.25, -0.2) is 9.13 Å². The van der Waals surface area contributed by atoms with Crippen molar-refractivity contribution in [1.29, 1.82) is 0 Å². The highest BCUT2D eigenvalue weighted by Crippen LogP contribution is 1.90. The number of hydrogen-bond acceptors (Lipinski definition) is 3. The highest BCUT2D eigenvalue weighted by Gasteiger charge is 2.00. The van der Waals surface area contributed by atoms with Gasteiger partial charge in [-0.2, -0.15) is 0 Å². The molecule has 7 heteroatoms. The first-order valence-corrected chi connectivity index (χ1v) is 8.89. The van der Waals surface area contributed by atoms with E-state index in [2.05, 4.69) is 72.0 Å². The summed E-state index contributed by atoms with van der Waals surface area (Å²) in [6.45, 7) is 9.73. The fraction of sp³-hybridized carbons (Fsp3) is 0.500. The second-order valence-electron chi connectivity index (χ2n) is 6.06. The normalized spacial score (nSPS) is 10.1. The second-order valence-corrected chi connectivity index (χ2v) is 6.06. The molecule has 0 atom stereocenters. The van der Waals surface area contributed by atoms with Gasteiger partial charge in [-0.05, 0) is 25.0 Å². The van der Waals surface area contributed by atoms with E-state index in [-0.39, 0.29) is 34.0 Å². The van der Waals surface area contributed by atoms with E-state index < -0.39 is 0 Å². The minimum atomic E-state index is 0. The summed E-state index contributed by atoms with van der Waals surface area (Å²) in [6.07, 6.45) is 8.28. The summed E-state index contributed by atoms with van der Waals surface area (Å²) in [6, 6.07) is 8.39. The van der Waals surface area contributed by atoms with Crippen molar-refractivity contribution < 1.29 is 57.3 Å². The van der Waals surface area contributed by atoms with Crippen LogP contribution < -0.4 is 43.1 Å². The van der Waals surface area contributed by atoms with Crippen LogP contribution >= 0.6 is 0 Å². The molecule has 0 spiro atoms. The summed E-state index contributed by atoms with van der Waals surface area (Å²) >= 11 is 0. The third-order valence-electron chi connectivity index (χ3n) is 3.85. The molecule has 2 rings (SSSR count). The molecular formula is C20H30Br2N2O3. The summed E-state index contributed by atoms with van der Waals surface area (Å²) in [5.74, 6) is 0. The molecule has 5 nitrogen and oxygen atoms in total. The van der Waals surface area contributed by atoms with Gasteiger partial charge in [-0.1, -0.05) is 0 Å². The molecular weight excluding hydrogens is 476 g/mol. The predicted octanol–water partition coefficient (Wildman–Crippen LogP) is -4.36. The zero-order valence-corrected chi connectivity index (χ0v) is 19.3. The third kappa shape index (κ3) is 12.3. The van der Waals surface area contributed by atoms with Crippen LogP contribution in [0.5, 0.6) is 0 Å². The number of rotatable bonds is 12. The molecule has 0 fully saturated rings. The Kier molecular flexibility index (Phi) is 15.6. The van der Waals surface area contributed by atoms with Gasteiger partial charge in [0.2, 0.25) is 0 Å². The van der Waals surface area contributed by atoms with E-state index in [0.717, 1.165) is 13.1 Å². The summed E-state index contributed by atoms with van der Waals surface area (Å²) in [4.78, 5) is 0. The van der Waals surface area contributed by atoms with Crippen LogP contribution in [-0.4, -0.2) is 39.6 Å². The van der Waals surface area contributed by atoms with Gasteiger partial charge in [-0.3, -0.25) is 0 Å². The molecule has 0 radical (unpaired) electrons. The Labute approximate surface area is 183 Å². The molecule has 152 valence electrons. The Morgan fingerprint density at radius 2 is 0.852 bits per heavy atom. The standard InChI is InChI=1S/C20H30N2O3.2BrH/c1-19-3-7-21(8-4-19)11-13-23-15-17-25-18-16-24-14-12-22-9-5-20(2)6-10-22;;/h3-10H,11-18H2,1-2H3;2*1H/q+2;;/p-2. The zero-order chi connectivity index (χ0) is 17.7. The van der Waals surface area contributed by atoms with E-state index in [4.69, 9.17) is 14.2 Å². The first-order chi connectivity index (χ1) is 12.2. The molecule has 2 heterocycles. The Morgan fingerprint density at radius 1 is 0.556 bits per heavy atom. The van der Waals surface area contributed by atoms with E-state index in [1.165, 1.54) is 11.1 Å². The largest absolute Gasteiger partial charge is 1.00 e. The van der Waals surface area contributed by atoms with Gasteiger partial charge in [0.05, 0.1) is 26.4 Å². The van der Waals surface area contributed by atoms with Crippen molar-refractivity contribution in [3.05, 3.63) is 60.2 Å². The lowest BCUT2D eigenvalue weighted by molar-refractivity contribution is -0.698. The monoisotopic (exact) mass is 504 g/mol. The number of pyridine rings is 2. The smallest absolute Gasteiger partial charge is 0.171 e. The molecule has 2 aromatic heterocycles. The van der Waals surface area contributed by atoms with E-state index in [0.29, 0.717) is 39.6 Å². The van der Waals surface area contributed by atoms with Gasteiger partial charge >= 0.3 is 0 Å². The van der Waals surface area contributed by atoms with Crippen molar-refractivity contribution in [2.45, 2.75) is 26.9 Å². The number of aromatic nitrogens is 2. The second kappa shape index (κ2) is 16.1. The van der Waals surface area contributed by atoms with Gasteiger partial charge in [0.15, 0.2) is 37.9 Å². The summed E-state index contributed by atoms with van der Waals surface area (Å²) in [7, 11) is 0. The van der Waals surface area contributed by atoms with E-state index in [1.54, 1.807) is 0 Å². The van der Waals surface area contributed by atoms with Gasteiger partial charge < -0.3 is 48.2 Å². The molecule has 0 bridgehead atoms. The van der Waals surface area contributed by atoms with Gasteiger partial charge in [0, 0.05) is 24.3 Å². The lowest BCUT2D eigenvalue weighted by Gasteiger charge is -2.05. The highest BCUT2D eigenvalue weighted by atomic mass is 79.9. The molecule has 0 N–H and O–H groups in total. The molecule has 0 aliphatic carbocycles. The quantitative estimate of drug-likeness (QED) is 0.216. The molecule has 27 heavy (non-hydrogen) atoms. The van der Waals surface area contributed by atoms with Gasteiger partial charge in [-0.15, -0.1) is 0 Å². The molecule has 0 amide bonds. The Balaban J connectivity index is 0.00000338. The van der Waals surface area contributed by atoms with Crippen molar-refractivity contribution in [2.75, 3.05) is 39.6 Å². The first-order valence-electron chi connectivity index (χ1n) is 8.89. The summed E-state index contributed by atoms with van der Waals surface area (Å²) < 4.78 is 20.9. The summed E-state index contributed by atoms with van der Waals surface area (Å²) in [5, 5.41) is 0. The van der Waals surface area contributed by atoms with Crippen LogP contribution in [0.2, 0.25) is 0 Å². The minimum absolute atomic E-state index is 0. The van der Waals surface area contributed by atoms with E-state index in [1.807, 2.05) is 0 Å². The molecule has 0 aromatic carbocycles. The number of hydrogen-bond donors (Lipinski definition) is 0. The fourth-order valence-electron chi connectivity index (χ4n) is 2.24. The Bertz CT molecular complexity index is 542. The Morgan fingerprint density at radius 3 is 1.19 bits per heavy atom. The molecule has 2 aromatic rings. The van der Waals surface area contributed by atoms with Crippen LogP contribution in [-0.2, 0) is 27.3 Å². The molecule has 0 aliphatic rings. The van der Waals surface area contributed by atoms with Crippen molar-refractivity contribution in [1.82, 2.24) is 0 Å². The SMILES string of the molecule is Cc1cc[n+](CCOCCOCCOCC[n+]2ccc(C)cc2)cc1.[Br-].[Br-]. The van der Waals surface area contributed by atoms with Crippen LogP contribution in [0.3, 0.4) is 0 Å². The van der Waals surface area contributed by atoms with Crippen LogP contribution in [0.1, 0.15) is 11.1 Å². The average Bonchev–Trinajstić information content (AvgIpc) is 2.63. The van der Waals surface area contributed by atoms with Crippen molar-refractivity contribution >= 4 is 0 Å². The lowest BCUT2D eigenvalue weighted by atomic mass is 10.3. The number of aryl methyl sites for hydroxylation is 2. The predicted molar refractivity (Wildman–Crippen MR) is 95.2 cm³/mol. The molecule has 0 saturated carbocycles. The maximum atomic E-state index is 5.57. The van der Waals surface area contributed by atoms with E-state index in [9.17, 15) is 0 Å². The lowest BCUT2D eigenvalue weighted by Crippen LogP contribution is -3.00. The van der Waals surface area contributed by atoms with Crippen molar-refractivity contribution in [2.24, 2.45) is 0 Å². The van der Waals surface area contributed by atoms with Crippen molar-refractivity contribution in [3.63, 3.8) is 0 Å². The minimum Gasteiger partial charge on any atom is -1.00 e. The van der Waals surface area contributed by atoms with Gasteiger partial charge in [0.25, 0.3) is 0 Å². The highest BCUT2D eigenvalue weighted by molar-refractivity contribution is 5.03. The molecule has 0 unspecified atom stereocenters. The molecule has 0 aliphatic heterocycles. The van der Waals surface area contributed by atoms with Crippen LogP contribution in [0.15, 0.2) is 49.1 Å². The fourth-order valence-corrected chi connectivity index (χ4v) is 2.24. The maximum Gasteiger partial charge on any atom is 0.171 e. The average molecular weight is 506 g/mol. The Hall–Kier alpha value is -0.860. The van der Waals surface area contributed by atoms with Crippen LogP contribution in [0.25, 0.3) is 0 Å². The van der Waals surface area contributed by atoms with Crippen molar-refractivity contribution in [3.8, 4) is 0 Å². The van der Waals surface area contributed by atoms with Gasteiger partial charge in [0.1, 0.15) is 13.2 Å². The van der Waals surface area contributed by atoms with E-state index >= 15 is 0 Å².